The van der Waals surface area contributed by atoms with Crippen molar-refractivity contribution in [2.45, 2.75) is 57.7 Å². The molecule has 4 heterocycles. The number of ether oxygens (including phenoxy) is 1. The molecule has 7 heteroatoms. The van der Waals surface area contributed by atoms with E-state index in [9.17, 15) is 4.79 Å². The Labute approximate surface area is 158 Å². The van der Waals surface area contributed by atoms with Crippen LogP contribution in [0, 0.1) is 11.3 Å². The van der Waals surface area contributed by atoms with Crippen LogP contribution in [0.25, 0.3) is 11.0 Å². The van der Waals surface area contributed by atoms with Crippen LogP contribution in [0.2, 0.25) is 0 Å². The molecule has 2 aromatic heterocycles. The Morgan fingerprint density at radius 3 is 3.00 bits per heavy atom. The lowest BCUT2D eigenvalue weighted by atomic mass is 9.71. The Kier molecular flexibility index (Phi) is 3.57. The van der Waals surface area contributed by atoms with E-state index < -0.39 is 5.60 Å². The number of fused-ring (bicyclic) bond motifs is 1. The van der Waals surface area contributed by atoms with E-state index >= 15 is 0 Å². The summed E-state index contributed by atoms with van der Waals surface area (Å²) in [5.41, 5.74) is 0.349. The summed E-state index contributed by atoms with van der Waals surface area (Å²) < 4.78 is 5.80. The lowest BCUT2D eigenvalue weighted by molar-refractivity contribution is -0.163. The number of carbonyl (C=O) groups is 1. The van der Waals surface area contributed by atoms with Crippen molar-refractivity contribution < 1.29 is 9.53 Å². The van der Waals surface area contributed by atoms with Gasteiger partial charge >= 0.3 is 5.97 Å². The van der Waals surface area contributed by atoms with E-state index in [1.165, 1.54) is 0 Å². The molecule has 0 bridgehead atoms. The van der Waals surface area contributed by atoms with Crippen LogP contribution >= 0.6 is 0 Å². The fourth-order valence-electron chi connectivity index (χ4n) is 5.76. The number of esters is 1. The van der Waals surface area contributed by atoms with Crippen LogP contribution in [0.1, 0.15) is 40.0 Å². The molecule has 4 unspecified atom stereocenters. The summed E-state index contributed by atoms with van der Waals surface area (Å²) in [6.07, 6.45) is 6.71. The zero-order valence-electron chi connectivity index (χ0n) is 16.2. The number of hydrogen-bond acceptors (Lipinski definition) is 6. The summed E-state index contributed by atoms with van der Waals surface area (Å²) in [6, 6.07) is 2.73. The maximum absolute atomic E-state index is 13.0. The number of anilines is 1. The van der Waals surface area contributed by atoms with Gasteiger partial charge in [0.15, 0.2) is 0 Å². The molecule has 3 aliphatic rings. The highest BCUT2D eigenvalue weighted by molar-refractivity contribution is 5.88. The molecule has 7 nitrogen and oxygen atoms in total. The maximum atomic E-state index is 13.0. The molecular weight excluding hydrogens is 342 g/mol. The number of hydrogen-bond donors (Lipinski definition) is 2. The van der Waals surface area contributed by atoms with E-state index in [4.69, 9.17) is 4.74 Å². The minimum absolute atomic E-state index is 0.0549. The predicted octanol–water partition coefficient (Wildman–Crippen LogP) is 2.25. The zero-order chi connectivity index (χ0) is 18.8. The number of nitrogens with one attached hydrogen (secondary N) is 2. The molecule has 3 fully saturated rings. The highest BCUT2D eigenvalue weighted by Gasteiger charge is 2.65. The molecule has 1 saturated carbocycles. The zero-order valence-corrected chi connectivity index (χ0v) is 16.2. The van der Waals surface area contributed by atoms with Gasteiger partial charge in [-0.1, -0.05) is 0 Å². The average Bonchev–Trinajstić information content (AvgIpc) is 3.32. The first-order valence-electron chi connectivity index (χ1n) is 9.91. The molecule has 5 rings (SSSR count). The van der Waals surface area contributed by atoms with Crippen molar-refractivity contribution in [2.24, 2.45) is 11.3 Å². The van der Waals surface area contributed by atoms with Gasteiger partial charge < -0.3 is 19.9 Å². The number of aromatic amines is 1. The topological polar surface area (TPSA) is 83.1 Å². The van der Waals surface area contributed by atoms with E-state index in [0.29, 0.717) is 18.6 Å². The van der Waals surface area contributed by atoms with E-state index in [0.717, 1.165) is 42.7 Å². The summed E-state index contributed by atoms with van der Waals surface area (Å²) in [6.45, 7) is 7.46. The van der Waals surface area contributed by atoms with Gasteiger partial charge in [-0.25, -0.2) is 9.97 Å². The van der Waals surface area contributed by atoms with Crippen LogP contribution in [-0.2, 0) is 9.53 Å². The smallest absolute Gasteiger partial charge is 0.311 e. The number of carbonyl (C=O) groups excluding carboxylic acids is 1. The molecule has 4 atom stereocenters. The molecule has 144 valence electrons. The fraction of sp³-hybridized carbons (Fsp3) is 0.650. The van der Waals surface area contributed by atoms with Crippen LogP contribution in [-0.4, -0.2) is 51.7 Å². The third-order valence-electron chi connectivity index (χ3n) is 6.67. The van der Waals surface area contributed by atoms with Crippen molar-refractivity contribution in [2.75, 3.05) is 18.0 Å². The largest absolute Gasteiger partial charge is 0.460 e. The molecule has 1 spiro atoms. The lowest BCUT2D eigenvalue weighted by Gasteiger charge is -2.37. The molecule has 2 aliphatic heterocycles. The summed E-state index contributed by atoms with van der Waals surface area (Å²) >= 11 is 0. The quantitative estimate of drug-likeness (QED) is 0.790. The molecule has 0 amide bonds. The molecule has 2 N–H and O–H groups in total. The van der Waals surface area contributed by atoms with Crippen molar-refractivity contribution in [3.05, 3.63) is 18.6 Å². The van der Waals surface area contributed by atoms with Crippen LogP contribution in [0.15, 0.2) is 18.6 Å². The summed E-state index contributed by atoms with van der Waals surface area (Å²) in [5.74, 6) is 0.835. The summed E-state index contributed by atoms with van der Waals surface area (Å²) in [4.78, 5) is 27.6. The third-order valence-corrected chi connectivity index (χ3v) is 6.67. The second-order valence-electron chi connectivity index (χ2n) is 9.13. The van der Waals surface area contributed by atoms with Gasteiger partial charge in [-0.3, -0.25) is 4.79 Å². The first-order chi connectivity index (χ1) is 12.9. The van der Waals surface area contributed by atoms with Crippen LogP contribution < -0.4 is 10.2 Å². The number of H-pyrrole nitrogens is 1. The Hall–Kier alpha value is -2.15. The van der Waals surface area contributed by atoms with Crippen molar-refractivity contribution in [3.63, 3.8) is 0 Å². The van der Waals surface area contributed by atoms with Crippen LogP contribution in [0.4, 0.5) is 5.82 Å². The first kappa shape index (κ1) is 17.0. The van der Waals surface area contributed by atoms with Crippen molar-refractivity contribution in [1.82, 2.24) is 20.3 Å². The SMILES string of the molecule is CC(C)(C)OC(=O)C1CNC2CCC3N(c4ncnc5[nH]ccc45)CCC213. The Bertz CT molecular complexity index is 888. The third kappa shape index (κ3) is 2.40. The molecule has 27 heavy (non-hydrogen) atoms. The monoisotopic (exact) mass is 369 g/mol. The van der Waals surface area contributed by atoms with E-state index in [-0.39, 0.29) is 17.3 Å². The fourth-order valence-corrected chi connectivity index (χ4v) is 5.76. The highest BCUT2D eigenvalue weighted by atomic mass is 16.6. The number of nitrogens with zero attached hydrogens (tertiary/aromatic N) is 3. The van der Waals surface area contributed by atoms with Gasteiger partial charge in [0.05, 0.1) is 11.3 Å². The van der Waals surface area contributed by atoms with Gasteiger partial charge in [0, 0.05) is 36.8 Å². The van der Waals surface area contributed by atoms with Gasteiger partial charge in [-0.05, 0) is 46.1 Å². The predicted molar refractivity (Wildman–Crippen MR) is 102 cm³/mol. The lowest BCUT2D eigenvalue weighted by Crippen LogP contribution is -2.47. The Morgan fingerprint density at radius 1 is 1.33 bits per heavy atom. The van der Waals surface area contributed by atoms with Gasteiger partial charge in [-0.2, -0.15) is 0 Å². The minimum Gasteiger partial charge on any atom is -0.460 e. The number of aromatic nitrogens is 3. The van der Waals surface area contributed by atoms with E-state index in [1.807, 2.05) is 33.0 Å². The van der Waals surface area contributed by atoms with Gasteiger partial charge in [0.25, 0.3) is 0 Å². The first-order valence-corrected chi connectivity index (χ1v) is 9.91. The maximum Gasteiger partial charge on any atom is 0.311 e. The van der Waals surface area contributed by atoms with Crippen LogP contribution in [0.3, 0.4) is 0 Å². The molecule has 0 aromatic carbocycles. The molecule has 1 aliphatic carbocycles. The van der Waals surface area contributed by atoms with E-state index in [1.54, 1.807) is 6.33 Å². The Balaban J connectivity index is 1.51. The molecule has 0 radical (unpaired) electrons. The standard InChI is InChI=1S/C20H27N5O2/c1-19(2,3)27-18(26)13-10-22-14-4-5-15-20(13,14)7-9-25(15)17-12-6-8-21-16(12)23-11-24-17/h6,8,11,13-15,22H,4-5,7,9-10H2,1-3H3,(H,21,23,24). The minimum atomic E-state index is -0.456. The van der Waals surface area contributed by atoms with Gasteiger partial charge in [-0.15, -0.1) is 0 Å². The second-order valence-corrected chi connectivity index (χ2v) is 9.13. The summed E-state index contributed by atoms with van der Waals surface area (Å²) in [7, 11) is 0. The molecule has 2 saturated heterocycles. The van der Waals surface area contributed by atoms with Gasteiger partial charge in [0.2, 0.25) is 0 Å². The van der Waals surface area contributed by atoms with Crippen molar-refractivity contribution in [3.8, 4) is 0 Å². The van der Waals surface area contributed by atoms with Gasteiger partial charge in [0.1, 0.15) is 23.4 Å². The van der Waals surface area contributed by atoms with Crippen LogP contribution in [0.5, 0.6) is 0 Å². The Morgan fingerprint density at radius 2 is 2.19 bits per heavy atom. The molecular formula is C20H27N5O2. The normalized spacial score (nSPS) is 32.7. The highest BCUT2D eigenvalue weighted by Crippen LogP contribution is 2.57. The number of rotatable bonds is 2. The van der Waals surface area contributed by atoms with Crippen molar-refractivity contribution >= 4 is 22.8 Å². The van der Waals surface area contributed by atoms with E-state index in [2.05, 4.69) is 25.2 Å². The van der Waals surface area contributed by atoms with Crippen molar-refractivity contribution in [1.29, 1.82) is 0 Å². The summed E-state index contributed by atoms with van der Waals surface area (Å²) in [5, 5.41) is 4.69. The average molecular weight is 369 g/mol. The molecule has 2 aromatic rings. The second kappa shape index (κ2) is 5.67.